The minimum absolute atomic E-state index is 0.116. The van der Waals surface area contributed by atoms with Crippen LogP contribution >= 0.6 is 34.8 Å². The number of alkyl halides is 1. The zero-order chi connectivity index (χ0) is 12.6. The van der Waals surface area contributed by atoms with Crippen LogP contribution in [0.25, 0.3) is 0 Å². The van der Waals surface area contributed by atoms with Gasteiger partial charge in [0, 0.05) is 12.3 Å². The average Bonchev–Trinajstić information content (AvgIpc) is 2.58. The Hall–Kier alpha value is -0.770. The van der Waals surface area contributed by atoms with Crippen molar-refractivity contribution in [2.24, 2.45) is 5.92 Å². The van der Waals surface area contributed by atoms with Gasteiger partial charge in [0.2, 0.25) is 11.8 Å². The molecule has 1 aliphatic rings. The van der Waals surface area contributed by atoms with E-state index >= 15 is 0 Å². The summed E-state index contributed by atoms with van der Waals surface area (Å²) in [5, 5.41) is 0.505. The lowest BCUT2D eigenvalue weighted by molar-refractivity contribution is -0.122. The van der Waals surface area contributed by atoms with E-state index in [1.807, 2.05) is 0 Å². The first-order valence-corrected chi connectivity index (χ1v) is 6.22. The van der Waals surface area contributed by atoms with Gasteiger partial charge in [-0.2, -0.15) is 0 Å². The second kappa shape index (κ2) is 4.84. The van der Waals surface area contributed by atoms with Crippen LogP contribution < -0.4 is 4.90 Å². The number of hydrogen-bond donors (Lipinski definition) is 0. The molecule has 6 heteroatoms. The first kappa shape index (κ1) is 12.7. The highest BCUT2D eigenvalue weighted by Gasteiger charge is 2.39. The van der Waals surface area contributed by atoms with Crippen LogP contribution in [0.1, 0.15) is 6.42 Å². The van der Waals surface area contributed by atoms with Crippen LogP contribution in [0.4, 0.5) is 5.69 Å². The normalized spacial score (nSPS) is 20.2. The monoisotopic (exact) mass is 291 g/mol. The predicted octanol–water partition coefficient (Wildman–Crippen LogP) is 3.11. The van der Waals surface area contributed by atoms with Crippen molar-refractivity contribution in [1.82, 2.24) is 0 Å². The molecule has 0 spiro atoms. The largest absolute Gasteiger partial charge is 0.274 e. The number of carbonyl (C=O) groups is 2. The zero-order valence-electron chi connectivity index (χ0n) is 8.62. The molecule has 1 heterocycles. The Balaban J connectivity index is 2.44. The van der Waals surface area contributed by atoms with E-state index in [4.69, 9.17) is 34.8 Å². The van der Waals surface area contributed by atoms with Crippen LogP contribution in [0, 0.1) is 5.92 Å². The molecule has 1 aliphatic heterocycles. The third-order valence-corrected chi connectivity index (χ3v) is 3.78. The summed E-state index contributed by atoms with van der Waals surface area (Å²) >= 11 is 17.5. The van der Waals surface area contributed by atoms with Gasteiger partial charge in [-0.25, -0.2) is 4.90 Å². The van der Waals surface area contributed by atoms with Gasteiger partial charge in [0.15, 0.2) is 0 Å². The zero-order valence-corrected chi connectivity index (χ0v) is 10.9. The maximum absolute atomic E-state index is 11.9. The second-order valence-electron chi connectivity index (χ2n) is 3.70. The van der Waals surface area contributed by atoms with Crippen molar-refractivity contribution in [2.75, 3.05) is 10.8 Å². The van der Waals surface area contributed by atoms with Crippen LogP contribution in [-0.2, 0) is 9.59 Å². The molecule has 1 unspecified atom stereocenters. The lowest BCUT2D eigenvalue weighted by atomic mass is 10.1. The topological polar surface area (TPSA) is 37.4 Å². The van der Waals surface area contributed by atoms with Crippen molar-refractivity contribution in [2.45, 2.75) is 6.42 Å². The maximum Gasteiger partial charge on any atom is 0.238 e. The average molecular weight is 293 g/mol. The highest BCUT2D eigenvalue weighted by atomic mass is 35.5. The minimum atomic E-state index is -0.473. The van der Waals surface area contributed by atoms with E-state index in [0.717, 1.165) is 4.90 Å². The van der Waals surface area contributed by atoms with E-state index < -0.39 is 5.92 Å². The molecule has 1 aromatic carbocycles. The number of rotatable bonds is 2. The second-order valence-corrected chi connectivity index (χ2v) is 4.79. The summed E-state index contributed by atoms with van der Waals surface area (Å²) in [5.74, 6) is -0.975. The van der Waals surface area contributed by atoms with E-state index in [2.05, 4.69) is 0 Å². The summed E-state index contributed by atoms with van der Waals surface area (Å²) in [4.78, 5) is 24.7. The van der Waals surface area contributed by atoms with Crippen molar-refractivity contribution in [3.8, 4) is 0 Å². The van der Waals surface area contributed by atoms with E-state index in [-0.39, 0.29) is 29.1 Å². The molecule has 1 aromatic rings. The predicted molar refractivity (Wildman–Crippen MR) is 67.8 cm³/mol. The van der Waals surface area contributed by atoms with Gasteiger partial charge in [-0.15, -0.1) is 11.6 Å². The number of halogens is 3. The third kappa shape index (κ3) is 2.15. The van der Waals surface area contributed by atoms with Crippen LogP contribution in [0.3, 0.4) is 0 Å². The SMILES string of the molecule is O=C1CC(CCl)C(=O)N1c1cccc(Cl)c1Cl. The van der Waals surface area contributed by atoms with Gasteiger partial charge in [-0.05, 0) is 12.1 Å². The lowest BCUT2D eigenvalue weighted by Crippen LogP contribution is -2.31. The Morgan fingerprint density at radius 2 is 2.00 bits per heavy atom. The molecule has 0 bridgehead atoms. The van der Waals surface area contributed by atoms with Gasteiger partial charge < -0.3 is 0 Å². The quantitative estimate of drug-likeness (QED) is 0.620. The summed E-state index contributed by atoms with van der Waals surface area (Å²) in [6.45, 7) is 0. The number of anilines is 1. The molecule has 1 atom stereocenters. The molecule has 17 heavy (non-hydrogen) atoms. The van der Waals surface area contributed by atoms with Crippen LogP contribution in [-0.4, -0.2) is 17.7 Å². The Labute approximate surface area is 113 Å². The molecule has 2 amide bonds. The molecular formula is C11H8Cl3NO2. The van der Waals surface area contributed by atoms with Gasteiger partial charge in [0.05, 0.1) is 21.7 Å². The third-order valence-electron chi connectivity index (χ3n) is 2.60. The van der Waals surface area contributed by atoms with E-state index in [9.17, 15) is 9.59 Å². The Kier molecular flexibility index (Phi) is 3.61. The Morgan fingerprint density at radius 1 is 1.29 bits per heavy atom. The molecule has 90 valence electrons. The molecule has 0 aliphatic carbocycles. The molecule has 0 saturated carbocycles. The lowest BCUT2D eigenvalue weighted by Gasteiger charge is -2.16. The molecule has 0 radical (unpaired) electrons. The van der Waals surface area contributed by atoms with E-state index in [1.165, 1.54) is 0 Å². The fraction of sp³-hybridized carbons (Fsp3) is 0.273. The maximum atomic E-state index is 11.9. The van der Waals surface area contributed by atoms with Crippen molar-refractivity contribution >= 4 is 52.3 Å². The molecular weight excluding hydrogens is 284 g/mol. The molecule has 2 rings (SSSR count). The van der Waals surface area contributed by atoms with Gasteiger partial charge in [-0.1, -0.05) is 29.3 Å². The molecule has 1 saturated heterocycles. The van der Waals surface area contributed by atoms with Gasteiger partial charge >= 0.3 is 0 Å². The molecule has 1 fully saturated rings. The Bertz CT molecular complexity index is 490. The van der Waals surface area contributed by atoms with Gasteiger partial charge in [0.1, 0.15) is 0 Å². The van der Waals surface area contributed by atoms with Gasteiger partial charge in [-0.3, -0.25) is 9.59 Å². The number of amides is 2. The van der Waals surface area contributed by atoms with Crippen LogP contribution in [0.15, 0.2) is 18.2 Å². The molecule has 0 N–H and O–H groups in total. The first-order chi connectivity index (χ1) is 8.06. The van der Waals surface area contributed by atoms with Crippen LogP contribution in [0.2, 0.25) is 10.0 Å². The first-order valence-electron chi connectivity index (χ1n) is 4.93. The summed E-state index contributed by atoms with van der Waals surface area (Å²) < 4.78 is 0. The number of benzene rings is 1. The summed E-state index contributed by atoms with van der Waals surface area (Å²) in [6, 6.07) is 4.82. The number of carbonyl (C=O) groups excluding carboxylic acids is 2. The van der Waals surface area contributed by atoms with Crippen molar-refractivity contribution in [3.05, 3.63) is 28.2 Å². The molecule has 3 nitrogen and oxygen atoms in total. The highest BCUT2D eigenvalue weighted by Crippen LogP contribution is 2.36. The Morgan fingerprint density at radius 3 is 2.59 bits per heavy atom. The summed E-state index contributed by atoms with van der Waals surface area (Å²) in [5.41, 5.74) is 0.321. The fourth-order valence-electron chi connectivity index (χ4n) is 1.73. The van der Waals surface area contributed by atoms with Gasteiger partial charge in [0.25, 0.3) is 0 Å². The van der Waals surface area contributed by atoms with Crippen molar-refractivity contribution in [3.63, 3.8) is 0 Å². The smallest absolute Gasteiger partial charge is 0.238 e. The van der Waals surface area contributed by atoms with Crippen LogP contribution in [0.5, 0.6) is 0 Å². The van der Waals surface area contributed by atoms with E-state index in [0.29, 0.717) is 10.7 Å². The molecule has 0 aromatic heterocycles. The number of hydrogen-bond acceptors (Lipinski definition) is 2. The van der Waals surface area contributed by atoms with Crippen molar-refractivity contribution < 1.29 is 9.59 Å². The number of imide groups is 1. The number of nitrogens with zero attached hydrogens (tertiary/aromatic N) is 1. The minimum Gasteiger partial charge on any atom is -0.274 e. The summed E-state index contributed by atoms with van der Waals surface area (Å²) in [7, 11) is 0. The van der Waals surface area contributed by atoms with E-state index in [1.54, 1.807) is 18.2 Å². The standard InChI is InChI=1S/C11H8Cl3NO2/c12-5-6-4-9(16)15(11(6)17)8-3-1-2-7(13)10(8)14/h1-3,6H,4-5H2. The fourth-order valence-corrected chi connectivity index (χ4v) is 2.35. The van der Waals surface area contributed by atoms with Crippen molar-refractivity contribution in [1.29, 1.82) is 0 Å². The summed E-state index contributed by atoms with van der Waals surface area (Å²) in [6.07, 6.45) is 0.116. The highest BCUT2D eigenvalue weighted by molar-refractivity contribution is 6.44.